The molecule has 0 saturated carbocycles. The van der Waals surface area contributed by atoms with Gasteiger partial charge in [0.25, 0.3) is 0 Å². The zero-order valence-electron chi connectivity index (χ0n) is 11.2. The van der Waals surface area contributed by atoms with Crippen LogP contribution in [0.25, 0.3) is 0 Å². The Hall–Kier alpha value is -1.40. The molecule has 0 amide bonds. The summed E-state index contributed by atoms with van der Waals surface area (Å²) in [5.41, 5.74) is 1.75. The third-order valence-corrected chi connectivity index (χ3v) is 5.37. The number of carbonyl (C=O) groups is 1. The highest BCUT2D eigenvalue weighted by molar-refractivity contribution is 7.91. The molecule has 2 rings (SSSR count). The highest BCUT2D eigenvalue weighted by Gasteiger charge is 2.27. The molecule has 0 aliphatic carbocycles. The lowest BCUT2D eigenvalue weighted by Crippen LogP contribution is -2.24. The number of sulfone groups is 1. The first kappa shape index (κ1) is 15.0. The Morgan fingerprint density at radius 3 is 2.60 bits per heavy atom. The lowest BCUT2D eigenvalue weighted by Gasteiger charge is -2.12. The van der Waals surface area contributed by atoms with Crippen LogP contribution in [0.3, 0.4) is 0 Å². The summed E-state index contributed by atoms with van der Waals surface area (Å²) in [4.78, 5) is 10.8. The fraction of sp³-hybridized carbons (Fsp3) is 0.500. The van der Waals surface area contributed by atoms with Crippen molar-refractivity contribution in [3.8, 4) is 0 Å². The second-order valence-corrected chi connectivity index (χ2v) is 7.47. The van der Waals surface area contributed by atoms with Gasteiger partial charge in [-0.05, 0) is 30.0 Å². The van der Waals surface area contributed by atoms with E-state index in [9.17, 15) is 13.2 Å². The zero-order valence-corrected chi connectivity index (χ0v) is 12.0. The van der Waals surface area contributed by atoms with E-state index >= 15 is 0 Å². The molecule has 2 N–H and O–H groups in total. The first-order valence-corrected chi connectivity index (χ1v) is 8.48. The van der Waals surface area contributed by atoms with Crippen LogP contribution in [0.5, 0.6) is 0 Å². The summed E-state index contributed by atoms with van der Waals surface area (Å²) in [6, 6.07) is 7.41. The van der Waals surface area contributed by atoms with Gasteiger partial charge in [-0.15, -0.1) is 0 Å². The van der Waals surface area contributed by atoms with Gasteiger partial charge in [0, 0.05) is 6.54 Å². The van der Waals surface area contributed by atoms with Crippen LogP contribution in [-0.2, 0) is 27.6 Å². The predicted molar refractivity (Wildman–Crippen MR) is 76.2 cm³/mol. The van der Waals surface area contributed by atoms with Gasteiger partial charge in [0.1, 0.15) is 0 Å². The monoisotopic (exact) mass is 297 g/mol. The number of rotatable bonds is 6. The van der Waals surface area contributed by atoms with Crippen molar-refractivity contribution >= 4 is 15.8 Å². The van der Waals surface area contributed by atoms with Gasteiger partial charge >= 0.3 is 5.97 Å². The van der Waals surface area contributed by atoms with Gasteiger partial charge in [-0.25, -0.2) is 8.42 Å². The first-order chi connectivity index (χ1) is 9.46. The number of carboxylic acid groups (broad SMARTS) is 1. The number of hydrogen-bond acceptors (Lipinski definition) is 4. The maximum absolute atomic E-state index is 11.4. The zero-order chi connectivity index (χ0) is 14.6. The van der Waals surface area contributed by atoms with Gasteiger partial charge in [-0.2, -0.15) is 0 Å². The van der Waals surface area contributed by atoms with Crippen molar-refractivity contribution in [2.75, 3.05) is 18.1 Å². The van der Waals surface area contributed by atoms with E-state index in [1.54, 1.807) is 0 Å². The summed E-state index contributed by atoms with van der Waals surface area (Å²) in [6.07, 6.45) is 0.724. The number of aliphatic carboxylic acids is 1. The van der Waals surface area contributed by atoms with Crippen molar-refractivity contribution in [3.05, 3.63) is 35.4 Å². The fourth-order valence-corrected chi connectivity index (χ4v) is 4.37. The van der Waals surface area contributed by atoms with Crippen molar-refractivity contribution in [3.63, 3.8) is 0 Å². The van der Waals surface area contributed by atoms with Crippen molar-refractivity contribution in [2.45, 2.75) is 19.4 Å². The molecule has 6 heteroatoms. The first-order valence-electron chi connectivity index (χ1n) is 6.66. The molecule has 0 radical (unpaired) electrons. The smallest absolute Gasteiger partial charge is 0.307 e. The number of carboxylic acids is 1. The normalized spacial score (nSPS) is 20.9. The molecule has 1 unspecified atom stereocenters. The average Bonchev–Trinajstić information content (AvgIpc) is 2.70. The van der Waals surface area contributed by atoms with Crippen molar-refractivity contribution in [2.24, 2.45) is 5.92 Å². The van der Waals surface area contributed by atoms with Crippen LogP contribution in [0.2, 0.25) is 0 Å². The van der Waals surface area contributed by atoms with Gasteiger partial charge < -0.3 is 10.4 Å². The molecule has 1 heterocycles. The fourth-order valence-electron chi connectivity index (χ4n) is 2.51. The Bertz CT molecular complexity index is 583. The molecule has 0 aromatic heterocycles. The lowest BCUT2D eigenvalue weighted by molar-refractivity contribution is -0.136. The molecule has 1 fully saturated rings. The summed E-state index contributed by atoms with van der Waals surface area (Å²) >= 11 is 0. The molecular weight excluding hydrogens is 278 g/mol. The molecule has 1 aliphatic heterocycles. The minimum Gasteiger partial charge on any atom is -0.481 e. The molecule has 1 aliphatic rings. The Balaban J connectivity index is 1.87. The van der Waals surface area contributed by atoms with Gasteiger partial charge in [0.15, 0.2) is 9.84 Å². The molecular formula is C14H19NO4S. The largest absolute Gasteiger partial charge is 0.481 e. The summed E-state index contributed by atoms with van der Waals surface area (Å²) in [5, 5.41) is 12.1. The Kier molecular flexibility index (Phi) is 4.77. The third kappa shape index (κ3) is 4.31. The van der Waals surface area contributed by atoms with E-state index in [1.807, 2.05) is 24.3 Å². The second kappa shape index (κ2) is 6.37. The van der Waals surface area contributed by atoms with Gasteiger partial charge in [0.05, 0.1) is 17.9 Å². The second-order valence-electron chi connectivity index (χ2n) is 5.24. The van der Waals surface area contributed by atoms with Crippen molar-refractivity contribution in [1.29, 1.82) is 0 Å². The molecule has 1 aromatic carbocycles. The molecule has 1 atom stereocenters. The topological polar surface area (TPSA) is 83.5 Å². The maximum Gasteiger partial charge on any atom is 0.307 e. The van der Waals surface area contributed by atoms with Crippen LogP contribution in [0, 0.1) is 5.92 Å². The SMILES string of the molecule is O=C(O)Cc1ccccc1CNCC1CCS(=O)(=O)C1. The van der Waals surface area contributed by atoms with Crippen LogP contribution < -0.4 is 5.32 Å². The van der Waals surface area contributed by atoms with E-state index in [-0.39, 0.29) is 23.8 Å². The average molecular weight is 297 g/mol. The van der Waals surface area contributed by atoms with Gasteiger partial charge in [0.2, 0.25) is 0 Å². The summed E-state index contributed by atoms with van der Waals surface area (Å²) < 4.78 is 22.7. The molecule has 1 aromatic rings. The molecule has 0 bridgehead atoms. The van der Waals surface area contributed by atoms with Gasteiger partial charge in [-0.1, -0.05) is 24.3 Å². The Labute approximate surface area is 118 Å². The molecule has 1 saturated heterocycles. The van der Waals surface area contributed by atoms with E-state index in [4.69, 9.17) is 5.11 Å². The summed E-state index contributed by atoms with van der Waals surface area (Å²) in [7, 11) is -2.83. The summed E-state index contributed by atoms with van der Waals surface area (Å²) in [6.45, 7) is 1.22. The van der Waals surface area contributed by atoms with Crippen LogP contribution >= 0.6 is 0 Å². The number of nitrogens with one attached hydrogen (secondary N) is 1. The van der Waals surface area contributed by atoms with Crippen molar-refractivity contribution < 1.29 is 18.3 Å². The highest BCUT2D eigenvalue weighted by Crippen LogP contribution is 2.17. The maximum atomic E-state index is 11.4. The lowest BCUT2D eigenvalue weighted by atomic mass is 10.0. The quantitative estimate of drug-likeness (QED) is 0.813. The molecule has 20 heavy (non-hydrogen) atoms. The third-order valence-electron chi connectivity index (χ3n) is 3.54. The van der Waals surface area contributed by atoms with Gasteiger partial charge in [-0.3, -0.25) is 4.79 Å². The highest BCUT2D eigenvalue weighted by atomic mass is 32.2. The van der Waals surface area contributed by atoms with Crippen LogP contribution in [0.1, 0.15) is 17.5 Å². The van der Waals surface area contributed by atoms with Crippen molar-refractivity contribution in [1.82, 2.24) is 5.32 Å². The Morgan fingerprint density at radius 2 is 2.00 bits per heavy atom. The van der Waals surface area contributed by atoms with E-state index < -0.39 is 15.8 Å². The minimum atomic E-state index is -2.83. The van der Waals surface area contributed by atoms with E-state index in [0.717, 1.165) is 11.1 Å². The van der Waals surface area contributed by atoms with Crippen LogP contribution in [0.15, 0.2) is 24.3 Å². The van der Waals surface area contributed by atoms with Crippen LogP contribution in [0.4, 0.5) is 0 Å². The minimum absolute atomic E-state index is 0.00958. The molecule has 5 nitrogen and oxygen atoms in total. The predicted octanol–water partition coefficient (Wildman–Crippen LogP) is 0.838. The standard InChI is InChI=1S/C14H19NO4S/c16-14(17)7-12-3-1-2-4-13(12)9-15-8-11-5-6-20(18,19)10-11/h1-4,11,15H,5-10H2,(H,16,17). The molecule has 110 valence electrons. The molecule has 0 spiro atoms. The van der Waals surface area contributed by atoms with E-state index in [2.05, 4.69) is 5.32 Å². The summed E-state index contributed by atoms with van der Waals surface area (Å²) in [5.74, 6) is -0.128. The Morgan fingerprint density at radius 1 is 1.30 bits per heavy atom. The van der Waals surface area contributed by atoms with E-state index in [1.165, 1.54) is 0 Å². The number of benzene rings is 1. The van der Waals surface area contributed by atoms with E-state index in [0.29, 0.717) is 19.5 Å². The van der Waals surface area contributed by atoms with Crippen LogP contribution in [-0.4, -0.2) is 37.5 Å². The number of hydrogen-bond donors (Lipinski definition) is 2.